The van der Waals surface area contributed by atoms with Gasteiger partial charge in [-0.3, -0.25) is 0 Å². The van der Waals surface area contributed by atoms with Gasteiger partial charge >= 0.3 is 0 Å². The molecule has 2 N–H and O–H groups in total. The van der Waals surface area contributed by atoms with Crippen molar-refractivity contribution in [2.75, 3.05) is 13.2 Å². The van der Waals surface area contributed by atoms with Crippen molar-refractivity contribution in [3.63, 3.8) is 0 Å². The lowest BCUT2D eigenvalue weighted by molar-refractivity contribution is 0.264. The minimum Gasteiger partial charge on any atom is -0.490 e. The van der Waals surface area contributed by atoms with Gasteiger partial charge in [-0.1, -0.05) is 19.1 Å². The van der Waals surface area contributed by atoms with Gasteiger partial charge in [0.2, 0.25) is 0 Å². The van der Waals surface area contributed by atoms with E-state index < -0.39 is 0 Å². The van der Waals surface area contributed by atoms with Crippen molar-refractivity contribution in [1.82, 2.24) is 0 Å². The molecule has 0 spiro atoms. The van der Waals surface area contributed by atoms with Crippen LogP contribution in [-0.2, 0) is 6.42 Å². The van der Waals surface area contributed by atoms with Crippen LogP contribution in [0.4, 0.5) is 0 Å². The molecule has 1 aromatic rings. The largest absolute Gasteiger partial charge is 0.490 e. The molecule has 2 rings (SSSR count). The maximum atomic E-state index is 6.07. The number of nitrogens with two attached hydrogens (primary N) is 1. The van der Waals surface area contributed by atoms with Gasteiger partial charge < -0.3 is 15.2 Å². The van der Waals surface area contributed by atoms with E-state index in [1.165, 1.54) is 18.4 Å². The predicted octanol–water partition coefficient (Wildman–Crippen LogP) is 3.15. The highest BCUT2D eigenvalue weighted by molar-refractivity contribution is 5.47. The Labute approximate surface area is 116 Å². The van der Waals surface area contributed by atoms with Crippen LogP contribution in [0.15, 0.2) is 18.2 Å². The van der Waals surface area contributed by atoms with Crippen LogP contribution in [-0.4, -0.2) is 19.3 Å². The first-order chi connectivity index (χ1) is 9.24. The normalized spacial score (nSPS) is 16.2. The Kier molecular flexibility index (Phi) is 5.08. The van der Waals surface area contributed by atoms with Gasteiger partial charge in [0.25, 0.3) is 0 Å². The molecule has 3 nitrogen and oxygen atoms in total. The average molecular weight is 263 g/mol. The van der Waals surface area contributed by atoms with E-state index in [0.29, 0.717) is 6.61 Å². The molecule has 0 radical (unpaired) electrons. The third kappa shape index (κ3) is 4.13. The average Bonchev–Trinajstić information content (AvgIpc) is 3.22. The van der Waals surface area contributed by atoms with Crippen LogP contribution in [0, 0.1) is 5.92 Å². The molecule has 1 aliphatic carbocycles. The van der Waals surface area contributed by atoms with Gasteiger partial charge in [-0.25, -0.2) is 0 Å². The first-order valence-corrected chi connectivity index (χ1v) is 7.37. The van der Waals surface area contributed by atoms with Gasteiger partial charge in [-0.2, -0.15) is 0 Å². The molecular weight excluding hydrogens is 238 g/mol. The number of rotatable bonds is 8. The minimum absolute atomic E-state index is 0.181. The summed E-state index contributed by atoms with van der Waals surface area (Å²) in [5.41, 5.74) is 7.24. The van der Waals surface area contributed by atoms with E-state index in [9.17, 15) is 0 Å². The minimum atomic E-state index is 0.181. The standard InChI is InChI=1S/C16H25NO2/c1-3-14(17)10-13-6-5-7-15(18-4-2)16(13)19-11-12-8-9-12/h5-7,12,14H,3-4,8-11,17H2,1-2H3. The Morgan fingerprint density at radius 1 is 1.26 bits per heavy atom. The van der Waals surface area contributed by atoms with Crippen molar-refractivity contribution >= 4 is 0 Å². The molecule has 3 heteroatoms. The quantitative estimate of drug-likeness (QED) is 0.783. The third-order valence-corrected chi connectivity index (χ3v) is 3.53. The fraction of sp³-hybridized carbons (Fsp3) is 0.625. The zero-order valence-electron chi connectivity index (χ0n) is 12.0. The second-order valence-electron chi connectivity index (χ2n) is 5.30. The molecule has 0 heterocycles. The molecule has 0 aliphatic heterocycles. The molecule has 1 aliphatic rings. The number of benzene rings is 1. The summed E-state index contributed by atoms with van der Waals surface area (Å²) in [6.07, 6.45) is 4.40. The van der Waals surface area contributed by atoms with Crippen molar-refractivity contribution in [2.45, 2.75) is 45.6 Å². The first kappa shape index (κ1) is 14.2. The molecule has 1 unspecified atom stereocenters. The molecule has 1 aromatic carbocycles. The van der Waals surface area contributed by atoms with E-state index in [4.69, 9.17) is 15.2 Å². The number of para-hydroxylation sites is 1. The Morgan fingerprint density at radius 2 is 2.05 bits per heavy atom. The first-order valence-electron chi connectivity index (χ1n) is 7.37. The summed E-state index contributed by atoms with van der Waals surface area (Å²) >= 11 is 0. The highest BCUT2D eigenvalue weighted by Crippen LogP contribution is 2.35. The second-order valence-corrected chi connectivity index (χ2v) is 5.30. The zero-order valence-corrected chi connectivity index (χ0v) is 12.0. The number of hydrogen-bond donors (Lipinski definition) is 1. The number of ether oxygens (including phenoxy) is 2. The van der Waals surface area contributed by atoms with Crippen LogP contribution in [0.1, 0.15) is 38.7 Å². The van der Waals surface area contributed by atoms with Gasteiger partial charge in [0, 0.05) is 6.04 Å². The summed E-state index contributed by atoms with van der Waals surface area (Å²) in [6, 6.07) is 6.28. The van der Waals surface area contributed by atoms with E-state index in [-0.39, 0.29) is 6.04 Å². The van der Waals surface area contributed by atoms with E-state index in [2.05, 4.69) is 13.0 Å². The van der Waals surface area contributed by atoms with Crippen LogP contribution >= 0.6 is 0 Å². The molecule has 1 fully saturated rings. The summed E-state index contributed by atoms with van der Waals surface area (Å²) in [7, 11) is 0. The SMILES string of the molecule is CCOc1cccc(CC(N)CC)c1OCC1CC1. The zero-order chi connectivity index (χ0) is 13.7. The Balaban J connectivity index is 2.14. The van der Waals surface area contributed by atoms with Crippen molar-refractivity contribution < 1.29 is 9.47 Å². The molecule has 19 heavy (non-hydrogen) atoms. The van der Waals surface area contributed by atoms with Crippen molar-refractivity contribution in [1.29, 1.82) is 0 Å². The lowest BCUT2D eigenvalue weighted by Gasteiger charge is -2.17. The molecule has 1 atom stereocenters. The highest BCUT2D eigenvalue weighted by atomic mass is 16.5. The topological polar surface area (TPSA) is 44.5 Å². The maximum Gasteiger partial charge on any atom is 0.164 e. The van der Waals surface area contributed by atoms with Crippen LogP contribution in [0.2, 0.25) is 0 Å². The molecule has 1 saturated carbocycles. The Hall–Kier alpha value is -1.22. The van der Waals surface area contributed by atoms with Crippen molar-refractivity contribution in [3.8, 4) is 11.5 Å². The Morgan fingerprint density at radius 3 is 2.68 bits per heavy atom. The van der Waals surface area contributed by atoms with Crippen LogP contribution in [0.5, 0.6) is 11.5 Å². The highest BCUT2D eigenvalue weighted by Gasteiger charge is 2.23. The third-order valence-electron chi connectivity index (χ3n) is 3.53. The van der Waals surface area contributed by atoms with Crippen LogP contribution in [0.25, 0.3) is 0 Å². The smallest absolute Gasteiger partial charge is 0.164 e. The van der Waals surface area contributed by atoms with E-state index >= 15 is 0 Å². The van der Waals surface area contributed by atoms with Gasteiger partial charge in [-0.15, -0.1) is 0 Å². The number of hydrogen-bond acceptors (Lipinski definition) is 3. The molecular formula is C16H25NO2. The fourth-order valence-corrected chi connectivity index (χ4v) is 2.07. The van der Waals surface area contributed by atoms with Gasteiger partial charge in [-0.05, 0) is 50.2 Å². The summed E-state index contributed by atoms with van der Waals surface area (Å²) < 4.78 is 11.7. The second kappa shape index (κ2) is 6.80. The van der Waals surface area contributed by atoms with Crippen LogP contribution < -0.4 is 15.2 Å². The summed E-state index contributed by atoms with van der Waals surface area (Å²) in [5, 5.41) is 0. The van der Waals surface area contributed by atoms with E-state index in [0.717, 1.165) is 36.9 Å². The summed E-state index contributed by atoms with van der Waals surface area (Å²) in [6.45, 7) is 5.57. The van der Waals surface area contributed by atoms with E-state index in [1.807, 2.05) is 19.1 Å². The molecule has 0 amide bonds. The molecule has 0 saturated heterocycles. The fourth-order valence-electron chi connectivity index (χ4n) is 2.07. The molecule has 106 valence electrons. The summed E-state index contributed by atoms with van der Waals surface area (Å²) in [4.78, 5) is 0. The monoisotopic (exact) mass is 263 g/mol. The van der Waals surface area contributed by atoms with E-state index in [1.54, 1.807) is 0 Å². The summed E-state index contributed by atoms with van der Waals surface area (Å²) in [5.74, 6) is 2.49. The molecule has 0 aromatic heterocycles. The maximum absolute atomic E-state index is 6.07. The lowest BCUT2D eigenvalue weighted by atomic mass is 10.0. The van der Waals surface area contributed by atoms with Crippen LogP contribution in [0.3, 0.4) is 0 Å². The van der Waals surface area contributed by atoms with Crippen molar-refractivity contribution in [2.24, 2.45) is 11.7 Å². The lowest BCUT2D eigenvalue weighted by Crippen LogP contribution is -2.22. The van der Waals surface area contributed by atoms with Gasteiger partial charge in [0.1, 0.15) is 0 Å². The predicted molar refractivity (Wildman–Crippen MR) is 77.8 cm³/mol. The molecule has 0 bridgehead atoms. The van der Waals surface area contributed by atoms with Gasteiger partial charge in [0.05, 0.1) is 13.2 Å². The van der Waals surface area contributed by atoms with Crippen molar-refractivity contribution in [3.05, 3.63) is 23.8 Å². The Bertz CT molecular complexity index is 402. The van der Waals surface area contributed by atoms with Gasteiger partial charge in [0.15, 0.2) is 11.5 Å².